The number of fused-ring (bicyclic) bond motifs is 1. The molecule has 1 saturated heterocycles. The highest BCUT2D eigenvalue weighted by molar-refractivity contribution is 5.77. The average molecular weight is 289 g/mol. The van der Waals surface area contributed by atoms with Crippen LogP contribution in [0.1, 0.15) is 37.5 Å². The van der Waals surface area contributed by atoms with Crippen LogP contribution in [0.3, 0.4) is 0 Å². The van der Waals surface area contributed by atoms with Crippen molar-refractivity contribution in [2.24, 2.45) is 0 Å². The molecule has 4 rings (SSSR count). The molecule has 2 aliphatic rings. The third-order valence-electron chi connectivity index (χ3n) is 4.39. The maximum atomic E-state index is 13.9. The molecule has 2 aromatic rings. The number of aromatic nitrogens is 2. The van der Waals surface area contributed by atoms with E-state index in [9.17, 15) is 4.39 Å². The Bertz CT molecular complexity index is 644. The first-order valence-corrected chi connectivity index (χ1v) is 7.80. The lowest BCUT2D eigenvalue weighted by atomic mass is 10.1. The van der Waals surface area contributed by atoms with Gasteiger partial charge in [0.25, 0.3) is 0 Å². The maximum Gasteiger partial charge on any atom is 0.151 e. The van der Waals surface area contributed by atoms with Crippen molar-refractivity contribution in [3.05, 3.63) is 29.8 Å². The number of hydrogen-bond acceptors (Lipinski definition) is 3. The Balaban J connectivity index is 1.61. The number of imidazole rings is 1. The van der Waals surface area contributed by atoms with Crippen LogP contribution in [0.4, 0.5) is 4.39 Å². The zero-order valence-corrected chi connectivity index (χ0v) is 12.0. The highest BCUT2D eigenvalue weighted by Crippen LogP contribution is 2.39. The quantitative estimate of drug-likeness (QED) is 0.940. The van der Waals surface area contributed by atoms with Crippen LogP contribution in [0.15, 0.2) is 18.2 Å². The minimum atomic E-state index is -0.241. The van der Waals surface area contributed by atoms with E-state index in [1.165, 1.54) is 6.07 Å². The molecular formula is C16H20FN3O. The van der Waals surface area contributed by atoms with E-state index >= 15 is 0 Å². The van der Waals surface area contributed by atoms with Crippen LogP contribution < -0.4 is 5.32 Å². The number of nitrogens with one attached hydrogen (secondary N) is 1. The van der Waals surface area contributed by atoms with E-state index in [1.54, 1.807) is 6.07 Å². The highest BCUT2D eigenvalue weighted by Gasteiger charge is 2.29. The van der Waals surface area contributed by atoms with Gasteiger partial charge in [0.05, 0.1) is 11.6 Å². The van der Waals surface area contributed by atoms with Crippen LogP contribution >= 0.6 is 0 Å². The van der Waals surface area contributed by atoms with E-state index in [2.05, 4.69) is 14.9 Å². The van der Waals surface area contributed by atoms with E-state index in [-0.39, 0.29) is 5.82 Å². The number of rotatable bonds is 4. The standard InChI is InChI=1S/C16H20FN3O/c17-13-2-1-3-14-16(13)19-15(20(14)11-4-5-11)10-21-12-6-8-18-9-7-12/h1-3,11-12,18H,4-10H2. The molecule has 112 valence electrons. The molecule has 1 aromatic carbocycles. The van der Waals surface area contributed by atoms with Gasteiger partial charge in [-0.1, -0.05) is 6.07 Å². The average Bonchev–Trinajstić information content (AvgIpc) is 3.27. The van der Waals surface area contributed by atoms with Gasteiger partial charge in [-0.2, -0.15) is 0 Å². The SMILES string of the molecule is Fc1cccc2c1nc(COC1CCNCC1)n2C1CC1. The number of hydrogen-bond donors (Lipinski definition) is 1. The molecule has 21 heavy (non-hydrogen) atoms. The van der Waals surface area contributed by atoms with Gasteiger partial charge >= 0.3 is 0 Å². The van der Waals surface area contributed by atoms with Crippen molar-refractivity contribution in [2.75, 3.05) is 13.1 Å². The van der Waals surface area contributed by atoms with Gasteiger partial charge < -0.3 is 14.6 Å². The monoisotopic (exact) mass is 289 g/mol. The zero-order chi connectivity index (χ0) is 14.2. The summed E-state index contributed by atoms with van der Waals surface area (Å²) in [6, 6.07) is 5.67. The first-order valence-electron chi connectivity index (χ1n) is 7.80. The first kappa shape index (κ1) is 13.2. The molecule has 0 spiro atoms. The molecule has 1 aliphatic carbocycles. The molecule has 0 bridgehead atoms. The molecule has 1 saturated carbocycles. The van der Waals surface area contributed by atoms with Gasteiger partial charge in [0, 0.05) is 6.04 Å². The number of benzene rings is 1. The molecule has 0 radical (unpaired) electrons. The van der Waals surface area contributed by atoms with Crippen LogP contribution in [0.5, 0.6) is 0 Å². The smallest absolute Gasteiger partial charge is 0.151 e. The minimum absolute atomic E-state index is 0.241. The summed E-state index contributed by atoms with van der Waals surface area (Å²) in [6.45, 7) is 2.51. The van der Waals surface area contributed by atoms with Crippen LogP contribution in [0, 0.1) is 5.82 Å². The topological polar surface area (TPSA) is 39.1 Å². The number of halogens is 1. The molecular weight excluding hydrogens is 269 g/mol. The lowest BCUT2D eigenvalue weighted by Gasteiger charge is -2.23. The van der Waals surface area contributed by atoms with Crippen LogP contribution in [0.2, 0.25) is 0 Å². The first-order chi connectivity index (χ1) is 10.3. The summed E-state index contributed by atoms with van der Waals surface area (Å²) in [5.74, 6) is 0.631. The molecule has 1 N–H and O–H groups in total. The summed E-state index contributed by atoms with van der Waals surface area (Å²) >= 11 is 0. The number of ether oxygens (including phenoxy) is 1. The fraction of sp³-hybridized carbons (Fsp3) is 0.562. The lowest BCUT2D eigenvalue weighted by molar-refractivity contribution is 0.0166. The summed E-state index contributed by atoms with van der Waals surface area (Å²) in [5.41, 5.74) is 1.38. The highest BCUT2D eigenvalue weighted by atomic mass is 19.1. The Kier molecular flexibility index (Phi) is 3.39. The second kappa shape index (κ2) is 5.39. The molecule has 2 fully saturated rings. The van der Waals surface area contributed by atoms with Crippen molar-refractivity contribution in [2.45, 2.75) is 44.4 Å². The molecule has 5 heteroatoms. The molecule has 2 heterocycles. The Morgan fingerprint density at radius 2 is 2.05 bits per heavy atom. The molecule has 0 amide bonds. The number of para-hydroxylation sites is 1. The predicted molar refractivity (Wildman–Crippen MR) is 78.6 cm³/mol. The molecule has 0 atom stereocenters. The number of piperidine rings is 1. The second-order valence-electron chi connectivity index (χ2n) is 6.00. The Morgan fingerprint density at radius 1 is 1.24 bits per heavy atom. The molecule has 0 unspecified atom stereocenters. The van der Waals surface area contributed by atoms with Crippen molar-refractivity contribution >= 4 is 11.0 Å². The lowest BCUT2D eigenvalue weighted by Crippen LogP contribution is -2.32. The molecule has 1 aliphatic heterocycles. The second-order valence-corrected chi connectivity index (χ2v) is 6.00. The van der Waals surface area contributed by atoms with E-state index in [1.807, 2.05) is 6.07 Å². The largest absolute Gasteiger partial charge is 0.370 e. The molecule has 4 nitrogen and oxygen atoms in total. The van der Waals surface area contributed by atoms with Gasteiger partial charge in [-0.25, -0.2) is 9.37 Å². The van der Waals surface area contributed by atoms with Crippen LogP contribution in [-0.4, -0.2) is 28.7 Å². The van der Waals surface area contributed by atoms with Gasteiger partial charge in [-0.3, -0.25) is 0 Å². The summed E-state index contributed by atoms with van der Waals surface area (Å²) in [6.07, 6.45) is 4.68. The summed E-state index contributed by atoms with van der Waals surface area (Å²) in [5, 5.41) is 3.33. The summed E-state index contributed by atoms with van der Waals surface area (Å²) in [4.78, 5) is 4.51. The van der Waals surface area contributed by atoms with Gasteiger partial charge in [0.1, 0.15) is 17.9 Å². The fourth-order valence-electron chi connectivity index (χ4n) is 3.13. The van der Waals surface area contributed by atoms with Gasteiger partial charge in [0.2, 0.25) is 0 Å². The van der Waals surface area contributed by atoms with Crippen molar-refractivity contribution in [1.29, 1.82) is 0 Å². The Morgan fingerprint density at radius 3 is 2.81 bits per heavy atom. The van der Waals surface area contributed by atoms with E-state index < -0.39 is 0 Å². The normalized spacial score (nSPS) is 20.2. The number of nitrogens with zero attached hydrogens (tertiary/aromatic N) is 2. The summed E-state index contributed by atoms with van der Waals surface area (Å²) in [7, 11) is 0. The molecule has 1 aromatic heterocycles. The van der Waals surface area contributed by atoms with Crippen molar-refractivity contribution < 1.29 is 9.13 Å². The van der Waals surface area contributed by atoms with Gasteiger partial charge in [-0.15, -0.1) is 0 Å². The van der Waals surface area contributed by atoms with Gasteiger partial charge in [0.15, 0.2) is 5.82 Å². The van der Waals surface area contributed by atoms with Crippen LogP contribution in [0.25, 0.3) is 11.0 Å². The maximum absolute atomic E-state index is 13.9. The van der Waals surface area contributed by atoms with E-state index in [4.69, 9.17) is 4.74 Å². The third-order valence-corrected chi connectivity index (χ3v) is 4.39. The Labute approximate surface area is 123 Å². The van der Waals surface area contributed by atoms with Crippen molar-refractivity contribution in [1.82, 2.24) is 14.9 Å². The fourth-order valence-corrected chi connectivity index (χ4v) is 3.13. The Hall–Kier alpha value is -1.46. The van der Waals surface area contributed by atoms with Crippen molar-refractivity contribution in [3.8, 4) is 0 Å². The van der Waals surface area contributed by atoms with Gasteiger partial charge in [-0.05, 0) is 50.9 Å². The van der Waals surface area contributed by atoms with E-state index in [0.717, 1.165) is 50.1 Å². The van der Waals surface area contributed by atoms with E-state index in [0.29, 0.717) is 24.3 Å². The van der Waals surface area contributed by atoms with Crippen LogP contribution in [-0.2, 0) is 11.3 Å². The van der Waals surface area contributed by atoms with Crippen molar-refractivity contribution in [3.63, 3.8) is 0 Å². The summed E-state index contributed by atoms with van der Waals surface area (Å²) < 4.78 is 22.1. The third kappa shape index (κ3) is 2.56. The minimum Gasteiger partial charge on any atom is -0.370 e. The predicted octanol–water partition coefficient (Wildman–Crippen LogP) is 2.78. The zero-order valence-electron chi connectivity index (χ0n) is 12.0.